The minimum absolute atomic E-state index is 0.451. The third kappa shape index (κ3) is 2.44. The summed E-state index contributed by atoms with van der Waals surface area (Å²) in [7, 11) is 0. The molecule has 0 N–H and O–H groups in total. The molecule has 0 saturated carbocycles. The second-order valence-corrected chi connectivity index (χ2v) is 8.31. The van der Waals surface area contributed by atoms with Crippen molar-refractivity contribution in [1.29, 1.82) is 10.5 Å². The van der Waals surface area contributed by atoms with Crippen molar-refractivity contribution in [3.05, 3.63) is 82.6 Å². The molecule has 3 aromatic carbocycles. The fourth-order valence-electron chi connectivity index (χ4n) is 3.75. The van der Waals surface area contributed by atoms with Crippen LogP contribution in [0.4, 0.5) is 0 Å². The fraction of sp³-hybridized carbons (Fsp3) is 0. The van der Waals surface area contributed by atoms with Gasteiger partial charge >= 0.3 is 0 Å². The molecule has 2 aromatic heterocycles. The summed E-state index contributed by atoms with van der Waals surface area (Å²) in [5, 5.41) is 27.6. The van der Waals surface area contributed by atoms with Crippen molar-refractivity contribution in [2.75, 3.05) is 0 Å². The van der Waals surface area contributed by atoms with Crippen LogP contribution >= 0.6 is 22.7 Å². The van der Waals surface area contributed by atoms with E-state index in [-0.39, 0.29) is 0 Å². The molecule has 130 valence electrons. The summed E-state index contributed by atoms with van der Waals surface area (Å²) in [6.45, 7) is 0. The van der Waals surface area contributed by atoms with E-state index in [9.17, 15) is 10.5 Å². The van der Waals surface area contributed by atoms with E-state index in [1.807, 2.05) is 35.7 Å². The summed E-state index contributed by atoms with van der Waals surface area (Å²) in [5.41, 5.74) is 3.07. The Kier molecular flexibility index (Phi) is 3.95. The van der Waals surface area contributed by atoms with Crippen molar-refractivity contribution < 1.29 is 0 Å². The predicted octanol–water partition coefficient (Wildman–Crippen LogP) is 7.19. The van der Waals surface area contributed by atoms with Crippen molar-refractivity contribution in [3.8, 4) is 33.0 Å². The van der Waals surface area contributed by atoms with E-state index in [4.69, 9.17) is 0 Å². The molecule has 0 spiro atoms. The summed E-state index contributed by atoms with van der Waals surface area (Å²) < 4.78 is 0. The van der Waals surface area contributed by atoms with Crippen LogP contribution < -0.4 is 0 Å². The van der Waals surface area contributed by atoms with E-state index in [1.165, 1.54) is 0 Å². The topological polar surface area (TPSA) is 47.6 Å². The monoisotopic (exact) mass is 392 g/mol. The summed E-state index contributed by atoms with van der Waals surface area (Å²) in [6, 6.07) is 25.0. The van der Waals surface area contributed by atoms with Crippen LogP contribution in [0.2, 0.25) is 0 Å². The lowest BCUT2D eigenvalue weighted by Gasteiger charge is -2.13. The number of hydrogen-bond acceptors (Lipinski definition) is 4. The molecule has 0 unspecified atom stereocenters. The van der Waals surface area contributed by atoms with E-state index in [1.54, 1.807) is 22.7 Å². The number of rotatable bonds is 2. The quantitative estimate of drug-likeness (QED) is 0.298. The van der Waals surface area contributed by atoms with Gasteiger partial charge in [-0.25, -0.2) is 0 Å². The molecule has 2 heterocycles. The third-order valence-electron chi connectivity index (χ3n) is 4.96. The van der Waals surface area contributed by atoms with E-state index >= 15 is 0 Å². The van der Waals surface area contributed by atoms with Gasteiger partial charge in [0.15, 0.2) is 0 Å². The highest BCUT2D eigenvalue weighted by Crippen LogP contribution is 2.41. The molecule has 0 fully saturated rings. The van der Waals surface area contributed by atoms with Gasteiger partial charge in [-0.1, -0.05) is 42.5 Å². The standard InChI is InChI=1S/C24H12N2S2/c25-13-20-16-4-1-5-18(23-7-3-11-28-23)24(16)17-9-8-15(22-6-2-10-27-22)12-19(17)21(20)14-26/h1-12H. The van der Waals surface area contributed by atoms with Crippen LogP contribution in [0.1, 0.15) is 11.1 Å². The molecule has 4 heteroatoms. The molecular weight excluding hydrogens is 380 g/mol. The zero-order valence-corrected chi connectivity index (χ0v) is 16.3. The minimum Gasteiger partial charge on any atom is -0.192 e. The maximum Gasteiger partial charge on any atom is 0.101 e. The number of thiophene rings is 2. The van der Waals surface area contributed by atoms with Gasteiger partial charge in [0, 0.05) is 26.1 Å². The highest BCUT2D eigenvalue weighted by Gasteiger charge is 2.18. The molecule has 0 amide bonds. The molecule has 0 bridgehead atoms. The SMILES string of the molecule is N#Cc1c(C#N)c2cccc(-c3cccs3)c2c2ccc(-c3cccs3)cc12. The zero-order valence-electron chi connectivity index (χ0n) is 14.6. The number of nitrogens with zero attached hydrogens (tertiary/aromatic N) is 2. The normalized spacial score (nSPS) is 10.8. The van der Waals surface area contributed by atoms with Crippen LogP contribution in [0.15, 0.2) is 71.4 Å². The second kappa shape index (κ2) is 6.62. The Bertz CT molecular complexity index is 1400. The van der Waals surface area contributed by atoms with Gasteiger partial charge in [0.2, 0.25) is 0 Å². The van der Waals surface area contributed by atoms with Crippen LogP contribution in [0.3, 0.4) is 0 Å². The van der Waals surface area contributed by atoms with E-state index < -0.39 is 0 Å². The van der Waals surface area contributed by atoms with Gasteiger partial charge in [-0.05, 0) is 45.3 Å². The second-order valence-electron chi connectivity index (χ2n) is 6.42. The lowest BCUT2D eigenvalue weighted by Crippen LogP contribution is -1.93. The first-order valence-electron chi connectivity index (χ1n) is 8.72. The van der Waals surface area contributed by atoms with Crippen molar-refractivity contribution in [2.24, 2.45) is 0 Å². The number of nitriles is 2. The maximum atomic E-state index is 9.89. The first-order chi connectivity index (χ1) is 13.8. The van der Waals surface area contributed by atoms with Crippen LogP contribution in [0.5, 0.6) is 0 Å². The molecule has 0 aliphatic carbocycles. The largest absolute Gasteiger partial charge is 0.192 e. The van der Waals surface area contributed by atoms with E-state index in [2.05, 4.69) is 47.9 Å². The lowest BCUT2D eigenvalue weighted by molar-refractivity contribution is 1.47. The van der Waals surface area contributed by atoms with Crippen molar-refractivity contribution in [2.45, 2.75) is 0 Å². The lowest BCUT2D eigenvalue weighted by atomic mass is 9.89. The van der Waals surface area contributed by atoms with Crippen LogP contribution in [0, 0.1) is 22.7 Å². The van der Waals surface area contributed by atoms with Crippen LogP contribution in [0.25, 0.3) is 42.4 Å². The zero-order chi connectivity index (χ0) is 19.1. The van der Waals surface area contributed by atoms with Crippen LogP contribution in [-0.2, 0) is 0 Å². The molecule has 0 aliphatic heterocycles. The Labute approximate surface area is 170 Å². The Balaban J connectivity index is 1.99. The average Bonchev–Trinajstić information content (AvgIpc) is 3.46. The molecular formula is C24H12N2S2. The van der Waals surface area contributed by atoms with Crippen molar-refractivity contribution in [3.63, 3.8) is 0 Å². The Morgan fingerprint density at radius 3 is 2.04 bits per heavy atom. The van der Waals surface area contributed by atoms with Crippen molar-refractivity contribution in [1.82, 2.24) is 0 Å². The summed E-state index contributed by atoms with van der Waals surface area (Å²) in [5.74, 6) is 0. The smallest absolute Gasteiger partial charge is 0.101 e. The fourth-order valence-corrected chi connectivity index (χ4v) is 5.24. The number of hydrogen-bond donors (Lipinski definition) is 0. The van der Waals surface area contributed by atoms with E-state index in [0.29, 0.717) is 11.1 Å². The molecule has 5 rings (SSSR count). The molecule has 5 aromatic rings. The van der Waals surface area contributed by atoms with Gasteiger partial charge < -0.3 is 0 Å². The molecule has 28 heavy (non-hydrogen) atoms. The maximum absolute atomic E-state index is 9.89. The Hall–Kier alpha value is -3.44. The molecule has 0 atom stereocenters. The first kappa shape index (κ1) is 16.7. The van der Waals surface area contributed by atoms with Gasteiger partial charge in [-0.2, -0.15) is 10.5 Å². The summed E-state index contributed by atoms with van der Waals surface area (Å²) >= 11 is 3.34. The van der Waals surface area contributed by atoms with Gasteiger partial charge in [0.1, 0.15) is 12.1 Å². The molecule has 2 nitrogen and oxygen atoms in total. The highest BCUT2D eigenvalue weighted by molar-refractivity contribution is 7.13. The van der Waals surface area contributed by atoms with Gasteiger partial charge in [0.05, 0.1) is 11.1 Å². The highest BCUT2D eigenvalue weighted by atomic mass is 32.1. The number of fused-ring (bicyclic) bond motifs is 3. The Morgan fingerprint density at radius 1 is 0.643 bits per heavy atom. The van der Waals surface area contributed by atoms with Gasteiger partial charge in [0.25, 0.3) is 0 Å². The van der Waals surface area contributed by atoms with Crippen molar-refractivity contribution >= 4 is 44.2 Å². The molecule has 0 aliphatic rings. The third-order valence-corrected chi connectivity index (χ3v) is 6.78. The summed E-state index contributed by atoms with van der Waals surface area (Å²) in [4.78, 5) is 2.30. The van der Waals surface area contributed by atoms with E-state index in [0.717, 1.165) is 42.4 Å². The van der Waals surface area contributed by atoms with Gasteiger partial charge in [-0.15, -0.1) is 22.7 Å². The van der Waals surface area contributed by atoms with Crippen LogP contribution in [-0.4, -0.2) is 0 Å². The van der Waals surface area contributed by atoms with Gasteiger partial charge in [-0.3, -0.25) is 0 Å². The minimum atomic E-state index is 0.451. The summed E-state index contributed by atoms with van der Waals surface area (Å²) in [6.07, 6.45) is 0. The number of benzene rings is 3. The molecule has 0 saturated heterocycles. The Morgan fingerprint density at radius 2 is 1.36 bits per heavy atom. The predicted molar refractivity (Wildman–Crippen MR) is 118 cm³/mol. The average molecular weight is 393 g/mol. The molecule has 0 radical (unpaired) electrons. The first-order valence-corrected chi connectivity index (χ1v) is 10.5.